The quantitative estimate of drug-likeness (QED) is 0.762. The zero-order chi connectivity index (χ0) is 18.4. The van der Waals surface area contributed by atoms with E-state index in [2.05, 4.69) is 15.6 Å². The summed E-state index contributed by atoms with van der Waals surface area (Å²) < 4.78 is 11.2. The van der Waals surface area contributed by atoms with Crippen LogP contribution in [0.5, 0.6) is 17.4 Å². The zero-order valence-electron chi connectivity index (χ0n) is 15.2. The van der Waals surface area contributed by atoms with Gasteiger partial charge in [0.05, 0.1) is 6.61 Å². The van der Waals surface area contributed by atoms with Gasteiger partial charge in [-0.05, 0) is 61.8 Å². The molecular formula is C20H25N3O3. The Morgan fingerprint density at radius 2 is 2.00 bits per heavy atom. The van der Waals surface area contributed by atoms with E-state index in [9.17, 15) is 4.79 Å². The molecule has 1 fully saturated rings. The first kappa shape index (κ1) is 18.2. The molecule has 1 atom stereocenters. The predicted molar refractivity (Wildman–Crippen MR) is 99.3 cm³/mol. The number of pyridine rings is 1. The summed E-state index contributed by atoms with van der Waals surface area (Å²) >= 11 is 0. The van der Waals surface area contributed by atoms with Gasteiger partial charge in [-0.3, -0.25) is 4.79 Å². The van der Waals surface area contributed by atoms with Crippen LogP contribution in [-0.2, 0) is 11.3 Å². The number of benzene rings is 1. The van der Waals surface area contributed by atoms with Gasteiger partial charge in [0.25, 0.3) is 0 Å². The fourth-order valence-corrected chi connectivity index (χ4v) is 2.74. The third kappa shape index (κ3) is 4.73. The van der Waals surface area contributed by atoms with Gasteiger partial charge in [0, 0.05) is 24.7 Å². The number of amides is 1. The molecule has 0 saturated carbocycles. The molecule has 6 heteroatoms. The van der Waals surface area contributed by atoms with Gasteiger partial charge >= 0.3 is 0 Å². The minimum Gasteiger partial charge on any atom is -0.494 e. The maximum absolute atomic E-state index is 12.2. The van der Waals surface area contributed by atoms with E-state index in [1.165, 1.54) is 0 Å². The van der Waals surface area contributed by atoms with E-state index in [1.807, 2.05) is 50.2 Å². The Balaban J connectivity index is 1.54. The molecule has 1 unspecified atom stereocenters. The monoisotopic (exact) mass is 355 g/mol. The number of nitrogens with one attached hydrogen (secondary N) is 2. The topological polar surface area (TPSA) is 72.5 Å². The van der Waals surface area contributed by atoms with Crippen molar-refractivity contribution in [1.82, 2.24) is 15.6 Å². The summed E-state index contributed by atoms with van der Waals surface area (Å²) in [6.07, 6.45) is 1.69. The molecule has 2 heterocycles. The second-order valence-corrected chi connectivity index (χ2v) is 6.43. The molecule has 1 aromatic carbocycles. The van der Waals surface area contributed by atoms with Gasteiger partial charge in [-0.25, -0.2) is 4.98 Å². The number of carbonyl (C=O) groups is 1. The maximum atomic E-state index is 12.2. The van der Waals surface area contributed by atoms with Gasteiger partial charge < -0.3 is 20.1 Å². The van der Waals surface area contributed by atoms with Crippen LogP contribution in [0.2, 0.25) is 0 Å². The third-order valence-corrected chi connectivity index (χ3v) is 4.56. The zero-order valence-corrected chi connectivity index (χ0v) is 15.2. The molecule has 1 aliphatic heterocycles. The minimum atomic E-state index is 0.0256. The van der Waals surface area contributed by atoms with Crippen LogP contribution in [0.25, 0.3) is 0 Å². The number of hydrogen-bond acceptors (Lipinski definition) is 5. The highest BCUT2D eigenvalue weighted by atomic mass is 16.5. The Hall–Kier alpha value is -2.60. The van der Waals surface area contributed by atoms with Crippen molar-refractivity contribution in [3.05, 3.63) is 48.2 Å². The molecule has 3 rings (SSSR count). The number of rotatable bonds is 8. The van der Waals surface area contributed by atoms with Gasteiger partial charge in [0.1, 0.15) is 11.5 Å². The van der Waals surface area contributed by atoms with Crippen molar-refractivity contribution >= 4 is 5.91 Å². The van der Waals surface area contributed by atoms with Crippen LogP contribution in [0, 0.1) is 11.8 Å². The van der Waals surface area contributed by atoms with E-state index in [0.717, 1.165) is 24.4 Å². The van der Waals surface area contributed by atoms with E-state index in [1.54, 1.807) is 6.20 Å². The van der Waals surface area contributed by atoms with Gasteiger partial charge in [-0.2, -0.15) is 0 Å². The van der Waals surface area contributed by atoms with Gasteiger partial charge in [-0.15, -0.1) is 0 Å². The summed E-state index contributed by atoms with van der Waals surface area (Å²) in [4.78, 5) is 16.4. The van der Waals surface area contributed by atoms with Crippen LogP contribution in [-0.4, -0.2) is 30.6 Å². The lowest BCUT2D eigenvalue weighted by molar-refractivity contribution is -0.126. The first-order valence-electron chi connectivity index (χ1n) is 8.99. The minimum absolute atomic E-state index is 0.0256. The standard InChI is InChI=1S/C20H25N3O3/c1-3-25-17-4-6-18(7-5-17)26-19-10-15(8-9-22-19)11-23-20(24)14(2)16-12-21-13-16/h4-10,14,16,21H,3,11-13H2,1-2H3,(H,23,24). The molecule has 1 aliphatic rings. The fourth-order valence-electron chi connectivity index (χ4n) is 2.74. The first-order chi connectivity index (χ1) is 12.7. The van der Waals surface area contributed by atoms with Crippen LogP contribution in [0.15, 0.2) is 42.6 Å². The van der Waals surface area contributed by atoms with Crippen molar-refractivity contribution in [2.45, 2.75) is 20.4 Å². The average molecular weight is 355 g/mol. The number of ether oxygens (including phenoxy) is 2. The summed E-state index contributed by atoms with van der Waals surface area (Å²) in [6, 6.07) is 11.1. The first-order valence-corrected chi connectivity index (χ1v) is 8.99. The summed E-state index contributed by atoms with van der Waals surface area (Å²) in [6.45, 7) is 6.86. The van der Waals surface area contributed by atoms with Crippen molar-refractivity contribution in [3.63, 3.8) is 0 Å². The number of carbonyl (C=O) groups excluding carboxylic acids is 1. The second kappa shape index (κ2) is 8.67. The molecule has 26 heavy (non-hydrogen) atoms. The summed E-state index contributed by atoms with van der Waals surface area (Å²) in [7, 11) is 0. The van der Waals surface area contributed by atoms with Crippen molar-refractivity contribution in [2.24, 2.45) is 11.8 Å². The Morgan fingerprint density at radius 3 is 2.65 bits per heavy atom. The van der Waals surface area contributed by atoms with Crippen LogP contribution in [0.4, 0.5) is 0 Å². The van der Waals surface area contributed by atoms with E-state index >= 15 is 0 Å². The van der Waals surface area contributed by atoms with Crippen LogP contribution in [0.1, 0.15) is 19.4 Å². The normalized spacial score (nSPS) is 15.0. The summed E-state index contributed by atoms with van der Waals surface area (Å²) in [5.74, 6) is 2.54. The predicted octanol–water partition coefficient (Wildman–Crippen LogP) is 2.74. The molecule has 0 radical (unpaired) electrons. The molecular weight excluding hydrogens is 330 g/mol. The highest BCUT2D eigenvalue weighted by Gasteiger charge is 2.28. The Morgan fingerprint density at radius 1 is 1.27 bits per heavy atom. The molecule has 0 spiro atoms. The average Bonchev–Trinajstić information content (AvgIpc) is 2.60. The highest BCUT2D eigenvalue weighted by molar-refractivity contribution is 5.78. The smallest absolute Gasteiger partial charge is 0.223 e. The lowest BCUT2D eigenvalue weighted by Gasteiger charge is -2.31. The SMILES string of the molecule is CCOc1ccc(Oc2cc(CNC(=O)C(C)C3CNC3)ccn2)cc1. The number of nitrogens with zero attached hydrogens (tertiary/aromatic N) is 1. The van der Waals surface area contributed by atoms with E-state index in [-0.39, 0.29) is 11.8 Å². The molecule has 1 saturated heterocycles. The molecule has 2 aromatic rings. The Labute approximate surface area is 153 Å². The molecule has 138 valence electrons. The largest absolute Gasteiger partial charge is 0.494 e. The molecule has 2 N–H and O–H groups in total. The molecule has 1 amide bonds. The van der Waals surface area contributed by atoms with Crippen LogP contribution < -0.4 is 20.1 Å². The number of hydrogen-bond donors (Lipinski definition) is 2. The second-order valence-electron chi connectivity index (χ2n) is 6.43. The molecule has 0 aliphatic carbocycles. The van der Waals surface area contributed by atoms with E-state index in [0.29, 0.717) is 30.7 Å². The van der Waals surface area contributed by atoms with Gasteiger partial charge in [0.15, 0.2) is 0 Å². The van der Waals surface area contributed by atoms with Gasteiger partial charge in [0.2, 0.25) is 11.8 Å². The Bertz CT molecular complexity index is 729. The van der Waals surface area contributed by atoms with E-state index < -0.39 is 0 Å². The van der Waals surface area contributed by atoms with Crippen molar-refractivity contribution < 1.29 is 14.3 Å². The summed E-state index contributed by atoms with van der Waals surface area (Å²) in [5.41, 5.74) is 0.952. The van der Waals surface area contributed by atoms with Crippen molar-refractivity contribution in [3.8, 4) is 17.4 Å². The van der Waals surface area contributed by atoms with Crippen LogP contribution in [0.3, 0.4) is 0 Å². The van der Waals surface area contributed by atoms with Crippen molar-refractivity contribution in [1.29, 1.82) is 0 Å². The Kier molecular flexibility index (Phi) is 6.07. The fraction of sp³-hybridized carbons (Fsp3) is 0.400. The molecule has 6 nitrogen and oxygen atoms in total. The highest BCUT2D eigenvalue weighted by Crippen LogP contribution is 2.23. The molecule has 1 aromatic heterocycles. The van der Waals surface area contributed by atoms with Gasteiger partial charge in [-0.1, -0.05) is 6.92 Å². The molecule has 0 bridgehead atoms. The third-order valence-electron chi connectivity index (χ3n) is 4.56. The lowest BCUT2D eigenvalue weighted by atomic mass is 9.88. The van der Waals surface area contributed by atoms with Crippen LogP contribution >= 0.6 is 0 Å². The lowest BCUT2D eigenvalue weighted by Crippen LogP contribution is -2.49. The summed E-state index contributed by atoms with van der Waals surface area (Å²) in [5, 5.41) is 6.19. The van der Waals surface area contributed by atoms with Crippen molar-refractivity contribution in [2.75, 3.05) is 19.7 Å². The number of aromatic nitrogens is 1. The maximum Gasteiger partial charge on any atom is 0.223 e. The van der Waals surface area contributed by atoms with E-state index in [4.69, 9.17) is 9.47 Å².